The van der Waals surface area contributed by atoms with Crippen LogP contribution in [0.25, 0.3) is 0 Å². The molecule has 0 bridgehead atoms. The van der Waals surface area contributed by atoms with Crippen LogP contribution in [-0.2, 0) is 4.79 Å². The van der Waals surface area contributed by atoms with Crippen molar-refractivity contribution in [2.75, 3.05) is 6.54 Å². The standard InChI is InChI=1S/C9H13NO/c1-2-5-8-6-3-4-7-10-9(8)11/h5,8H,1,3-4,6-7H2,(H,10,11). The molecule has 0 aromatic rings. The van der Waals surface area contributed by atoms with Crippen LogP contribution in [0.2, 0.25) is 0 Å². The number of hydrogen-bond donors (Lipinski definition) is 1. The molecule has 1 fully saturated rings. The van der Waals surface area contributed by atoms with Crippen molar-refractivity contribution in [2.24, 2.45) is 5.92 Å². The van der Waals surface area contributed by atoms with Gasteiger partial charge in [0.25, 0.3) is 0 Å². The van der Waals surface area contributed by atoms with Gasteiger partial charge in [-0.15, -0.1) is 5.73 Å². The lowest BCUT2D eigenvalue weighted by Crippen LogP contribution is -2.27. The molecule has 1 unspecified atom stereocenters. The first-order valence-corrected chi connectivity index (χ1v) is 3.98. The van der Waals surface area contributed by atoms with Gasteiger partial charge >= 0.3 is 0 Å². The highest BCUT2D eigenvalue weighted by Crippen LogP contribution is 2.12. The highest BCUT2D eigenvalue weighted by molar-refractivity contribution is 5.80. The topological polar surface area (TPSA) is 29.1 Å². The monoisotopic (exact) mass is 151 g/mol. The van der Waals surface area contributed by atoms with Crippen molar-refractivity contribution in [3.63, 3.8) is 0 Å². The average Bonchev–Trinajstić information content (AvgIpc) is 2.18. The molecule has 1 N–H and O–H groups in total. The van der Waals surface area contributed by atoms with E-state index < -0.39 is 0 Å². The summed E-state index contributed by atoms with van der Waals surface area (Å²) in [6.45, 7) is 4.28. The van der Waals surface area contributed by atoms with Gasteiger partial charge in [-0.05, 0) is 18.9 Å². The number of nitrogens with one attached hydrogen (secondary N) is 1. The summed E-state index contributed by atoms with van der Waals surface area (Å²) in [6, 6.07) is 0. The Morgan fingerprint density at radius 3 is 3.18 bits per heavy atom. The van der Waals surface area contributed by atoms with E-state index in [9.17, 15) is 4.79 Å². The van der Waals surface area contributed by atoms with Crippen LogP contribution in [-0.4, -0.2) is 12.5 Å². The van der Waals surface area contributed by atoms with E-state index in [0.29, 0.717) is 0 Å². The van der Waals surface area contributed by atoms with Crippen LogP contribution in [0.15, 0.2) is 18.4 Å². The zero-order valence-electron chi connectivity index (χ0n) is 6.60. The van der Waals surface area contributed by atoms with Crippen LogP contribution in [0.4, 0.5) is 0 Å². The Morgan fingerprint density at radius 2 is 2.45 bits per heavy atom. The Bertz CT molecular complexity index is 192. The molecule has 11 heavy (non-hydrogen) atoms. The Morgan fingerprint density at radius 1 is 1.64 bits per heavy atom. The summed E-state index contributed by atoms with van der Waals surface area (Å²) in [6.07, 6.45) is 4.89. The lowest BCUT2D eigenvalue weighted by atomic mass is 10.0. The van der Waals surface area contributed by atoms with Crippen molar-refractivity contribution in [3.8, 4) is 0 Å². The van der Waals surface area contributed by atoms with Crippen LogP contribution < -0.4 is 5.32 Å². The summed E-state index contributed by atoms with van der Waals surface area (Å²) in [7, 11) is 0. The molecule has 0 aromatic heterocycles. The first-order chi connectivity index (χ1) is 5.34. The largest absolute Gasteiger partial charge is 0.356 e. The first-order valence-electron chi connectivity index (χ1n) is 3.98. The maximum Gasteiger partial charge on any atom is 0.227 e. The van der Waals surface area contributed by atoms with E-state index in [1.807, 2.05) is 0 Å². The number of carbonyl (C=O) groups excluding carboxylic acids is 1. The van der Waals surface area contributed by atoms with Gasteiger partial charge < -0.3 is 5.32 Å². The normalized spacial score (nSPS) is 24.7. The number of rotatable bonds is 1. The average molecular weight is 151 g/mol. The molecule has 1 aliphatic rings. The summed E-state index contributed by atoms with van der Waals surface area (Å²) < 4.78 is 0. The number of carbonyl (C=O) groups is 1. The third-order valence-electron chi connectivity index (χ3n) is 1.90. The van der Waals surface area contributed by atoms with Gasteiger partial charge in [-0.2, -0.15) is 0 Å². The van der Waals surface area contributed by atoms with Crippen molar-refractivity contribution in [2.45, 2.75) is 19.3 Å². The molecule has 2 heteroatoms. The number of hydrogen-bond acceptors (Lipinski definition) is 1. The first kappa shape index (κ1) is 8.09. The van der Waals surface area contributed by atoms with Gasteiger partial charge in [-0.1, -0.05) is 13.0 Å². The highest BCUT2D eigenvalue weighted by atomic mass is 16.1. The molecule has 0 radical (unpaired) electrons. The van der Waals surface area contributed by atoms with E-state index in [0.717, 1.165) is 25.8 Å². The summed E-state index contributed by atoms with van der Waals surface area (Å²) in [5, 5.41) is 2.84. The van der Waals surface area contributed by atoms with Gasteiger partial charge in [-0.3, -0.25) is 4.79 Å². The van der Waals surface area contributed by atoms with Gasteiger partial charge in [0.15, 0.2) is 0 Å². The van der Waals surface area contributed by atoms with E-state index in [2.05, 4.69) is 17.6 Å². The Hall–Kier alpha value is -1.01. The predicted octanol–water partition coefficient (Wildman–Crippen LogP) is 1.24. The van der Waals surface area contributed by atoms with Crippen LogP contribution in [0.1, 0.15) is 19.3 Å². The van der Waals surface area contributed by atoms with Crippen molar-refractivity contribution in [1.82, 2.24) is 5.32 Å². The molecule has 1 aliphatic heterocycles. The fourth-order valence-corrected chi connectivity index (χ4v) is 1.26. The van der Waals surface area contributed by atoms with Crippen molar-refractivity contribution < 1.29 is 4.79 Å². The molecule has 60 valence electrons. The van der Waals surface area contributed by atoms with E-state index >= 15 is 0 Å². The predicted molar refractivity (Wildman–Crippen MR) is 44.1 cm³/mol. The number of amides is 1. The summed E-state index contributed by atoms with van der Waals surface area (Å²) in [5.74, 6) is 0.133. The molecular formula is C9H13NO. The molecule has 1 amide bonds. The molecule has 0 aliphatic carbocycles. The van der Waals surface area contributed by atoms with Crippen molar-refractivity contribution in [3.05, 3.63) is 18.4 Å². The molecule has 2 nitrogen and oxygen atoms in total. The van der Waals surface area contributed by atoms with E-state index in [4.69, 9.17) is 0 Å². The van der Waals surface area contributed by atoms with Crippen LogP contribution in [0, 0.1) is 5.92 Å². The second-order valence-corrected chi connectivity index (χ2v) is 2.76. The van der Waals surface area contributed by atoms with Gasteiger partial charge in [0, 0.05) is 6.54 Å². The minimum absolute atomic E-state index is 0.00926. The molecule has 0 saturated carbocycles. The Kier molecular flexibility index (Phi) is 2.94. The second-order valence-electron chi connectivity index (χ2n) is 2.76. The molecule has 1 rings (SSSR count). The van der Waals surface area contributed by atoms with Crippen molar-refractivity contribution in [1.29, 1.82) is 0 Å². The lowest BCUT2D eigenvalue weighted by molar-refractivity contribution is -0.123. The maximum atomic E-state index is 11.2. The van der Waals surface area contributed by atoms with Gasteiger partial charge in [0.2, 0.25) is 5.91 Å². The zero-order valence-corrected chi connectivity index (χ0v) is 6.60. The molecule has 1 atom stereocenters. The van der Waals surface area contributed by atoms with E-state index in [1.54, 1.807) is 6.08 Å². The maximum absolute atomic E-state index is 11.2. The third kappa shape index (κ3) is 2.24. The molecule has 1 saturated heterocycles. The fraction of sp³-hybridized carbons (Fsp3) is 0.556. The minimum Gasteiger partial charge on any atom is -0.356 e. The molecule has 0 aromatic carbocycles. The van der Waals surface area contributed by atoms with Crippen LogP contribution >= 0.6 is 0 Å². The minimum atomic E-state index is 0.00926. The van der Waals surface area contributed by atoms with Crippen molar-refractivity contribution >= 4 is 5.91 Å². The molecule has 0 spiro atoms. The zero-order chi connectivity index (χ0) is 8.10. The van der Waals surface area contributed by atoms with Gasteiger partial charge in [0.1, 0.15) is 0 Å². The molecule has 1 heterocycles. The fourth-order valence-electron chi connectivity index (χ4n) is 1.26. The SMILES string of the molecule is C=C=CC1CCCCNC1=O. The Labute approximate surface area is 67.0 Å². The van der Waals surface area contributed by atoms with Crippen LogP contribution in [0.5, 0.6) is 0 Å². The van der Waals surface area contributed by atoms with Gasteiger partial charge in [-0.25, -0.2) is 0 Å². The van der Waals surface area contributed by atoms with E-state index in [-0.39, 0.29) is 11.8 Å². The highest BCUT2D eigenvalue weighted by Gasteiger charge is 2.16. The Balaban J connectivity index is 2.59. The van der Waals surface area contributed by atoms with Crippen LogP contribution in [0.3, 0.4) is 0 Å². The van der Waals surface area contributed by atoms with E-state index in [1.165, 1.54) is 0 Å². The summed E-state index contributed by atoms with van der Waals surface area (Å²) in [4.78, 5) is 11.2. The second kappa shape index (κ2) is 3.99. The molecular weight excluding hydrogens is 138 g/mol. The summed E-state index contributed by atoms with van der Waals surface area (Å²) >= 11 is 0. The van der Waals surface area contributed by atoms with Gasteiger partial charge in [0.05, 0.1) is 5.92 Å². The third-order valence-corrected chi connectivity index (χ3v) is 1.90. The smallest absolute Gasteiger partial charge is 0.227 e. The quantitative estimate of drug-likeness (QED) is 0.561. The lowest BCUT2D eigenvalue weighted by Gasteiger charge is -2.04. The summed E-state index contributed by atoms with van der Waals surface area (Å²) in [5.41, 5.74) is 2.66.